The molecule has 0 aliphatic rings. The first-order chi connectivity index (χ1) is 9.13. The average molecular weight is 258 g/mol. The van der Waals surface area contributed by atoms with Crippen molar-refractivity contribution in [3.05, 3.63) is 41.4 Å². The predicted octanol–water partition coefficient (Wildman–Crippen LogP) is 2.96. The van der Waals surface area contributed by atoms with E-state index in [0.29, 0.717) is 0 Å². The van der Waals surface area contributed by atoms with Crippen LogP contribution in [0.15, 0.2) is 24.4 Å². The molecule has 2 aromatic heterocycles. The molecule has 2 rings (SSSR count). The fourth-order valence-electron chi connectivity index (χ4n) is 2.26. The van der Waals surface area contributed by atoms with Crippen molar-refractivity contribution >= 4 is 5.65 Å². The number of aryl methyl sites for hydroxylation is 2. The Kier molecular flexibility index (Phi) is 4.32. The Labute approximate surface area is 114 Å². The van der Waals surface area contributed by atoms with Crippen molar-refractivity contribution in [2.75, 3.05) is 6.54 Å². The van der Waals surface area contributed by atoms with Crippen molar-refractivity contribution in [2.24, 2.45) is 0 Å². The van der Waals surface area contributed by atoms with Gasteiger partial charge in [0.1, 0.15) is 0 Å². The van der Waals surface area contributed by atoms with Gasteiger partial charge in [0.15, 0.2) is 5.65 Å². The van der Waals surface area contributed by atoms with Crippen LogP contribution in [0.1, 0.15) is 43.3 Å². The number of allylic oxidation sites excluding steroid dienone is 1. The van der Waals surface area contributed by atoms with E-state index in [1.165, 1.54) is 5.56 Å². The van der Waals surface area contributed by atoms with Gasteiger partial charge in [-0.1, -0.05) is 12.2 Å². The lowest BCUT2D eigenvalue weighted by atomic mass is 10.1. The summed E-state index contributed by atoms with van der Waals surface area (Å²) in [6.07, 6.45) is 7.26. The van der Waals surface area contributed by atoms with Gasteiger partial charge in [-0.15, -0.1) is 0 Å². The smallest absolute Gasteiger partial charge is 0.155 e. The maximum atomic E-state index is 4.48. The molecule has 0 bridgehead atoms. The van der Waals surface area contributed by atoms with Crippen molar-refractivity contribution < 1.29 is 0 Å². The Morgan fingerprint density at radius 3 is 2.95 bits per heavy atom. The first-order valence-electron chi connectivity index (χ1n) is 6.80. The second-order valence-corrected chi connectivity index (χ2v) is 4.89. The third-order valence-electron chi connectivity index (χ3n) is 3.35. The van der Waals surface area contributed by atoms with Crippen molar-refractivity contribution in [1.29, 1.82) is 0 Å². The molecule has 0 radical (unpaired) electrons. The van der Waals surface area contributed by atoms with Crippen LogP contribution in [-0.4, -0.2) is 21.1 Å². The molecule has 4 nitrogen and oxygen atoms in total. The lowest BCUT2D eigenvalue weighted by molar-refractivity contribution is 0.571. The molecule has 0 aliphatic carbocycles. The fourth-order valence-corrected chi connectivity index (χ4v) is 2.26. The predicted molar refractivity (Wildman–Crippen MR) is 78.3 cm³/mol. The van der Waals surface area contributed by atoms with Gasteiger partial charge in [0, 0.05) is 29.6 Å². The highest BCUT2D eigenvalue weighted by molar-refractivity contribution is 5.42. The molecule has 0 amide bonds. The molecule has 0 aliphatic heterocycles. The largest absolute Gasteiger partial charge is 0.310 e. The molecule has 4 heteroatoms. The molecule has 2 aromatic rings. The van der Waals surface area contributed by atoms with Gasteiger partial charge in [0.25, 0.3) is 0 Å². The Hall–Kier alpha value is -1.68. The van der Waals surface area contributed by atoms with E-state index in [1.54, 1.807) is 0 Å². The quantitative estimate of drug-likeness (QED) is 0.662. The molecule has 2 heterocycles. The molecular weight excluding hydrogens is 236 g/mol. The van der Waals surface area contributed by atoms with Gasteiger partial charge < -0.3 is 5.32 Å². The van der Waals surface area contributed by atoms with Crippen molar-refractivity contribution in [3.63, 3.8) is 0 Å². The third kappa shape index (κ3) is 3.01. The topological polar surface area (TPSA) is 42.2 Å². The summed E-state index contributed by atoms with van der Waals surface area (Å²) in [5, 5.41) is 7.99. The van der Waals surface area contributed by atoms with Crippen LogP contribution in [0.3, 0.4) is 0 Å². The molecule has 0 saturated carbocycles. The van der Waals surface area contributed by atoms with Gasteiger partial charge in [0.05, 0.1) is 5.69 Å². The van der Waals surface area contributed by atoms with Crippen LogP contribution >= 0.6 is 0 Å². The van der Waals surface area contributed by atoms with Crippen LogP contribution in [0.5, 0.6) is 0 Å². The van der Waals surface area contributed by atoms with E-state index < -0.39 is 0 Å². The van der Waals surface area contributed by atoms with Gasteiger partial charge >= 0.3 is 0 Å². The van der Waals surface area contributed by atoms with E-state index >= 15 is 0 Å². The number of rotatable bonds is 5. The summed E-state index contributed by atoms with van der Waals surface area (Å²) in [6.45, 7) is 9.28. The molecular formula is C15H22N4. The second kappa shape index (κ2) is 5.97. The summed E-state index contributed by atoms with van der Waals surface area (Å²) >= 11 is 0. The van der Waals surface area contributed by atoms with E-state index in [-0.39, 0.29) is 6.04 Å². The summed E-state index contributed by atoms with van der Waals surface area (Å²) < 4.78 is 1.93. The fraction of sp³-hybridized carbons (Fsp3) is 0.467. The van der Waals surface area contributed by atoms with Gasteiger partial charge in [-0.2, -0.15) is 5.10 Å². The lowest BCUT2D eigenvalue weighted by Gasteiger charge is -2.16. The first-order valence-corrected chi connectivity index (χ1v) is 6.80. The monoisotopic (exact) mass is 258 g/mol. The van der Waals surface area contributed by atoms with Crippen molar-refractivity contribution in [1.82, 2.24) is 19.9 Å². The average Bonchev–Trinajstić information content (AvgIpc) is 2.76. The number of nitrogens with one attached hydrogen (secondary N) is 1. The number of hydrogen-bond acceptors (Lipinski definition) is 3. The molecule has 0 aromatic carbocycles. The van der Waals surface area contributed by atoms with Crippen molar-refractivity contribution in [2.45, 2.75) is 40.2 Å². The van der Waals surface area contributed by atoms with Crippen molar-refractivity contribution in [3.8, 4) is 0 Å². The number of aromatic nitrogens is 3. The minimum atomic E-state index is 0.284. The summed E-state index contributed by atoms with van der Waals surface area (Å²) in [7, 11) is 0. The van der Waals surface area contributed by atoms with Crippen LogP contribution in [0.2, 0.25) is 0 Å². The first kappa shape index (κ1) is 13.7. The zero-order valence-corrected chi connectivity index (χ0v) is 12.1. The van der Waals surface area contributed by atoms with Crippen LogP contribution in [0.25, 0.3) is 5.65 Å². The summed E-state index contributed by atoms with van der Waals surface area (Å²) in [5.41, 5.74) is 4.28. The maximum Gasteiger partial charge on any atom is 0.155 e. The Morgan fingerprint density at radius 2 is 2.21 bits per heavy atom. The van der Waals surface area contributed by atoms with Gasteiger partial charge in [-0.25, -0.2) is 9.50 Å². The van der Waals surface area contributed by atoms with E-state index in [0.717, 1.165) is 30.0 Å². The SMILES string of the molecule is C/C=C/CCNC(C)c1cnc2cc(C)nn2c1C. The third-order valence-corrected chi connectivity index (χ3v) is 3.35. The highest BCUT2D eigenvalue weighted by Gasteiger charge is 2.12. The van der Waals surface area contributed by atoms with Gasteiger partial charge in [0.2, 0.25) is 0 Å². The van der Waals surface area contributed by atoms with E-state index in [1.807, 2.05) is 30.6 Å². The maximum absolute atomic E-state index is 4.48. The standard InChI is InChI=1S/C15H22N4/c1-5-6-7-8-16-12(3)14-10-17-15-9-11(2)18-19(15)13(14)4/h5-6,9-10,12,16H,7-8H2,1-4H3/b6-5+. The molecule has 1 unspecified atom stereocenters. The molecule has 0 spiro atoms. The van der Waals surface area contributed by atoms with Gasteiger partial charge in [-0.3, -0.25) is 0 Å². The number of nitrogens with zero attached hydrogens (tertiary/aromatic N) is 3. The summed E-state index contributed by atoms with van der Waals surface area (Å²) in [6, 6.07) is 2.28. The Bertz CT molecular complexity index is 583. The van der Waals surface area contributed by atoms with Gasteiger partial charge in [-0.05, 0) is 40.7 Å². The van der Waals surface area contributed by atoms with Crippen LogP contribution in [0, 0.1) is 13.8 Å². The summed E-state index contributed by atoms with van der Waals surface area (Å²) in [5.74, 6) is 0. The minimum absolute atomic E-state index is 0.284. The van der Waals surface area contributed by atoms with E-state index in [4.69, 9.17) is 0 Å². The molecule has 1 atom stereocenters. The highest BCUT2D eigenvalue weighted by atomic mass is 15.3. The molecule has 1 N–H and O–H groups in total. The van der Waals surface area contributed by atoms with Crippen LogP contribution in [-0.2, 0) is 0 Å². The normalized spacial score (nSPS) is 13.5. The lowest BCUT2D eigenvalue weighted by Crippen LogP contribution is -2.21. The second-order valence-electron chi connectivity index (χ2n) is 4.89. The number of fused-ring (bicyclic) bond motifs is 1. The molecule has 19 heavy (non-hydrogen) atoms. The zero-order chi connectivity index (χ0) is 13.8. The van der Waals surface area contributed by atoms with Crippen LogP contribution < -0.4 is 5.32 Å². The molecule has 0 saturated heterocycles. The zero-order valence-electron chi connectivity index (χ0n) is 12.1. The highest BCUT2D eigenvalue weighted by Crippen LogP contribution is 2.17. The minimum Gasteiger partial charge on any atom is -0.310 e. The van der Waals surface area contributed by atoms with Crippen LogP contribution in [0.4, 0.5) is 0 Å². The van der Waals surface area contributed by atoms with E-state index in [2.05, 4.69) is 41.4 Å². The van der Waals surface area contributed by atoms with E-state index in [9.17, 15) is 0 Å². The number of hydrogen-bond donors (Lipinski definition) is 1. The summed E-state index contributed by atoms with van der Waals surface area (Å²) in [4.78, 5) is 4.47. The molecule has 0 fully saturated rings. The Morgan fingerprint density at radius 1 is 1.42 bits per heavy atom. The Balaban J connectivity index is 2.17. The molecule has 102 valence electrons.